The van der Waals surface area contributed by atoms with Crippen molar-refractivity contribution in [1.29, 1.82) is 0 Å². The third-order valence-corrected chi connectivity index (χ3v) is 7.18. The number of nitrogens with zero attached hydrogens (tertiary/aromatic N) is 2. The number of anilines is 1. The molecule has 1 fully saturated rings. The molecule has 2 amide bonds. The maximum Gasteiger partial charge on any atom is 0.293 e. The van der Waals surface area contributed by atoms with Gasteiger partial charge in [0.05, 0.1) is 17.0 Å². The fraction of sp³-hybridized carbons (Fsp3) is 0.280. The van der Waals surface area contributed by atoms with Crippen LogP contribution in [0.3, 0.4) is 0 Å². The van der Waals surface area contributed by atoms with Gasteiger partial charge in [-0.15, -0.1) is 0 Å². The van der Waals surface area contributed by atoms with Gasteiger partial charge in [0.15, 0.2) is 0 Å². The number of carbonyl (C=O) groups is 2. The molecule has 31 heavy (non-hydrogen) atoms. The van der Waals surface area contributed by atoms with Gasteiger partial charge in [0, 0.05) is 22.3 Å². The number of likely N-dealkylation sites (N-methyl/N-ethyl adjacent to an activating group) is 1. The number of hydrogen-bond donors (Lipinski definition) is 0. The highest BCUT2D eigenvalue weighted by atomic mass is 79.9. The van der Waals surface area contributed by atoms with Crippen LogP contribution in [0.4, 0.5) is 10.5 Å². The maximum absolute atomic E-state index is 12.9. The summed E-state index contributed by atoms with van der Waals surface area (Å²) < 4.78 is 0.965. The molecule has 0 atom stereocenters. The first-order valence-corrected chi connectivity index (χ1v) is 11.9. The van der Waals surface area contributed by atoms with E-state index in [1.807, 2.05) is 36.4 Å². The molecule has 1 saturated heterocycles. The van der Waals surface area contributed by atoms with Crippen molar-refractivity contribution in [3.63, 3.8) is 0 Å². The number of imide groups is 1. The second-order valence-corrected chi connectivity index (χ2v) is 10.3. The Hall–Kier alpha value is -2.31. The lowest BCUT2D eigenvalue weighted by Gasteiger charge is -2.42. The Morgan fingerprint density at radius 2 is 1.81 bits per heavy atom. The van der Waals surface area contributed by atoms with Crippen LogP contribution in [0.15, 0.2) is 57.9 Å². The van der Waals surface area contributed by atoms with E-state index in [-0.39, 0.29) is 23.2 Å². The van der Waals surface area contributed by atoms with E-state index >= 15 is 0 Å². The highest BCUT2D eigenvalue weighted by Crippen LogP contribution is 2.40. The second kappa shape index (κ2) is 8.32. The Morgan fingerprint density at radius 3 is 2.48 bits per heavy atom. The molecule has 160 valence electrons. The molecule has 0 saturated carbocycles. The average molecular weight is 497 g/mol. The minimum absolute atomic E-state index is 0.0387. The van der Waals surface area contributed by atoms with E-state index in [1.165, 1.54) is 21.7 Å². The summed E-state index contributed by atoms with van der Waals surface area (Å²) in [7, 11) is 0. The topological polar surface area (TPSA) is 40.6 Å². The summed E-state index contributed by atoms with van der Waals surface area (Å²) in [5.41, 5.74) is 5.41. The number of rotatable bonds is 4. The number of fused-ring (bicyclic) bond motifs is 1. The van der Waals surface area contributed by atoms with Gasteiger partial charge in [0.2, 0.25) is 0 Å². The molecule has 2 aliphatic rings. The van der Waals surface area contributed by atoms with Gasteiger partial charge in [0.1, 0.15) is 0 Å². The Labute approximate surface area is 196 Å². The fourth-order valence-electron chi connectivity index (χ4n) is 4.33. The van der Waals surface area contributed by atoms with Gasteiger partial charge in [-0.2, -0.15) is 0 Å². The molecular weight excluding hydrogens is 472 g/mol. The summed E-state index contributed by atoms with van der Waals surface area (Å²) in [6.07, 6.45) is 4.12. The van der Waals surface area contributed by atoms with Crippen LogP contribution >= 0.6 is 27.7 Å². The lowest BCUT2D eigenvalue weighted by Crippen LogP contribution is -2.44. The van der Waals surface area contributed by atoms with E-state index in [2.05, 4.69) is 66.7 Å². The summed E-state index contributed by atoms with van der Waals surface area (Å²) in [6.45, 7) is 9.93. The molecule has 2 aromatic carbocycles. The molecule has 0 spiro atoms. The van der Waals surface area contributed by atoms with Gasteiger partial charge in [-0.05, 0) is 86.5 Å². The minimum Gasteiger partial charge on any atom is -0.363 e. The van der Waals surface area contributed by atoms with Crippen LogP contribution in [-0.2, 0) is 11.3 Å². The number of allylic oxidation sites excluding steroid dienone is 1. The van der Waals surface area contributed by atoms with Gasteiger partial charge in [0.25, 0.3) is 11.1 Å². The highest BCUT2D eigenvalue weighted by molar-refractivity contribution is 9.10. The van der Waals surface area contributed by atoms with Crippen LogP contribution in [-0.4, -0.2) is 28.1 Å². The largest absolute Gasteiger partial charge is 0.363 e. The molecule has 0 N–H and O–H groups in total. The van der Waals surface area contributed by atoms with Crippen molar-refractivity contribution < 1.29 is 9.59 Å². The lowest BCUT2D eigenvalue weighted by molar-refractivity contribution is -0.123. The van der Waals surface area contributed by atoms with Crippen molar-refractivity contribution in [2.45, 2.75) is 39.8 Å². The standard InChI is InChI=1S/C25H25BrN2O2S/c1-5-28-21-11-8-18(12-20(21)16(2)14-25(28,3)4)13-22-23(29)27(24(30)31-22)15-17-6-9-19(26)10-7-17/h6-14H,5,15H2,1-4H3/b22-13-. The first kappa shape index (κ1) is 21.9. The zero-order valence-corrected chi connectivity index (χ0v) is 20.5. The van der Waals surface area contributed by atoms with Crippen molar-refractivity contribution in [3.05, 3.63) is 74.6 Å². The Kier molecular flexibility index (Phi) is 5.88. The molecule has 0 radical (unpaired) electrons. The molecule has 0 aliphatic carbocycles. The zero-order valence-electron chi connectivity index (χ0n) is 18.1. The number of amides is 2. The van der Waals surface area contributed by atoms with Gasteiger partial charge in [-0.3, -0.25) is 14.5 Å². The van der Waals surface area contributed by atoms with Crippen LogP contribution in [0.1, 0.15) is 44.4 Å². The first-order valence-electron chi connectivity index (χ1n) is 10.3. The molecule has 0 unspecified atom stereocenters. The molecule has 4 nitrogen and oxygen atoms in total. The molecule has 2 aromatic rings. The van der Waals surface area contributed by atoms with Crippen molar-refractivity contribution >= 4 is 56.2 Å². The average Bonchev–Trinajstić information content (AvgIpc) is 2.97. The molecule has 0 aromatic heterocycles. The number of carbonyl (C=O) groups excluding carboxylic acids is 2. The predicted octanol–water partition coefficient (Wildman–Crippen LogP) is 6.71. The monoisotopic (exact) mass is 496 g/mol. The van der Waals surface area contributed by atoms with Crippen LogP contribution in [0.25, 0.3) is 11.6 Å². The predicted molar refractivity (Wildman–Crippen MR) is 133 cm³/mol. The zero-order chi connectivity index (χ0) is 22.3. The smallest absolute Gasteiger partial charge is 0.293 e. The normalized spacial score (nSPS) is 19.1. The molecule has 0 bridgehead atoms. The van der Waals surface area contributed by atoms with Crippen LogP contribution in [0.5, 0.6) is 0 Å². The molecule has 6 heteroatoms. The molecule has 2 aliphatic heterocycles. The number of hydrogen-bond acceptors (Lipinski definition) is 4. The van der Waals surface area contributed by atoms with Gasteiger partial charge < -0.3 is 4.90 Å². The minimum atomic E-state index is -0.237. The fourth-order valence-corrected chi connectivity index (χ4v) is 5.43. The molecule has 4 rings (SSSR count). The molecular formula is C25H25BrN2O2S. The van der Waals surface area contributed by atoms with Crippen LogP contribution in [0.2, 0.25) is 0 Å². The van der Waals surface area contributed by atoms with E-state index in [0.29, 0.717) is 4.91 Å². The Morgan fingerprint density at radius 1 is 1.10 bits per heavy atom. The van der Waals surface area contributed by atoms with Crippen LogP contribution in [0, 0.1) is 0 Å². The quantitative estimate of drug-likeness (QED) is 0.441. The number of thioether (sulfide) groups is 1. The van der Waals surface area contributed by atoms with Gasteiger partial charge in [-0.25, -0.2) is 0 Å². The van der Waals surface area contributed by atoms with E-state index in [1.54, 1.807) is 0 Å². The summed E-state index contributed by atoms with van der Waals surface area (Å²) in [6, 6.07) is 13.9. The van der Waals surface area contributed by atoms with E-state index in [4.69, 9.17) is 0 Å². The summed E-state index contributed by atoms with van der Waals surface area (Å²) >= 11 is 4.41. The maximum atomic E-state index is 12.9. The summed E-state index contributed by atoms with van der Waals surface area (Å²) in [4.78, 5) is 29.6. The van der Waals surface area contributed by atoms with Gasteiger partial charge in [-0.1, -0.05) is 40.2 Å². The first-order chi connectivity index (χ1) is 14.7. The Balaban J connectivity index is 1.61. The lowest BCUT2D eigenvalue weighted by atomic mass is 9.88. The van der Waals surface area contributed by atoms with Crippen molar-refractivity contribution in [2.75, 3.05) is 11.4 Å². The van der Waals surface area contributed by atoms with Crippen molar-refractivity contribution in [1.82, 2.24) is 4.90 Å². The van der Waals surface area contributed by atoms with E-state index in [0.717, 1.165) is 33.9 Å². The Bertz CT molecular complexity index is 1120. The summed E-state index contributed by atoms with van der Waals surface area (Å²) in [5.74, 6) is -0.237. The second-order valence-electron chi connectivity index (χ2n) is 8.40. The number of benzene rings is 2. The number of halogens is 1. The highest BCUT2D eigenvalue weighted by Gasteiger charge is 2.35. The third kappa shape index (κ3) is 4.23. The molecule has 2 heterocycles. The van der Waals surface area contributed by atoms with Crippen LogP contribution < -0.4 is 4.90 Å². The SMILES string of the molecule is CCN1c2ccc(/C=C3\SC(=O)N(Cc4ccc(Br)cc4)C3=O)cc2C(C)=CC1(C)C. The van der Waals surface area contributed by atoms with Gasteiger partial charge >= 0.3 is 0 Å². The van der Waals surface area contributed by atoms with E-state index < -0.39 is 0 Å². The third-order valence-electron chi connectivity index (χ3n) is 5.74. The summed E-state index contributed by atoms with van der Waals surface area (Å²) in [5, 5.41) is -0.230. The van der Waals surface area contributed by atoms with E-state index in [9.17, 15) is 9.59 Å². The van der Waals surface area contributed by atoms with Crippen molar-refractivity contribution in [3.8, 4) is 0 Å². The van der Waals surface area contributed by atoms with Crippen molar-refractivity contribution in [2.24, 2.45) is 0 Å².